The van der Waals surface area contributed by atoms with Crippen LogP contribution in [0.4, 0.5) is 0 Å². The third-order valence-electron chi connectivity index (χ3n) is 7.37. The fraction of sp³-hybridized carbons (Fsp3) is 0.577. The minimum absolute atomic E-state index is 0.240. The molecule has 3 heterocycles. The van der Waals surface area contributed by atoms with E-state index in [-0.39, 0.29) is 17.4 Å². The van der Waals surface area contributed by atoms with Crippen LogP contribution in [-0.2, 0) is 9.59 Å². The van der Waals surface area contributed by atoms with Gasteiger partial charge in [0.15, 0.2) is 11.3 Å². The molecule has 3 aliphatic rings. The van der Waals surface area contributed by atoms with Crippen molar-refractivity contribution in [2.24, 2.45) is 11.8 Å². The number of hydrogen-bond donors (Lipinski definition) is 0. The van der Waals surface area contributed by atoms with Crippen LogP contribution >= 0.6 is 0 Å². The molecular weight excluding hydrogens is 436 g/mol. The first-order valence-corrected chi connectivity index (χ1v) is 12.5. The van der Waals surface area contributed by atoms with E-state index in [1.165, 1.54) is 64.6 Å². The Balaban J connectivity index is 1.19. The van der Waals surface area contributed by atoms with Gasteiger partial charge in [0.25, 0.3) is 5.88 Å². The van der Waals surface area contributed by atoms with Gasteiger partial charge in [-0.2, -0.15) is 0 Å². The molecular formula is C26H32N2O6. The molecule has 2 bridgehead atoms. The summed E-state index contributed by atoms with van der Waals surface area (Å²) < 4.78 is 22.2. The summed E-state index contributed by atoms with van der Waals surface area (Å²) in [6.07, 6.45) is 12.4. The molecule has 1 aliphatic carbocycles. The van der Waals surface area contributed by atoms with Gasteiger partial charge in [0, 0.05) is 30.3 Å². The van der Waals surface area contributed by atoms with Gasteiger partial charge in [0.1, 0.15) is 11.1 Å². The van der Waals surface area contributed by atoms with Crippen LogP contribution in [0.1, 0.15) is 56.9 Å². The van der Waals surface area contributed by atoms with Crippen molar-refractivity contribution in [1.82, 2.24) is 10.1 Å². The molecule has 0 atom stereocenters. The van der Waals surface area contributed by atoms with Crippen molar-refractivity contribution in [3.63, 3.8) is 0 Å². The Hall–Kier alpha value is -2.87. The van der Waals surface area contributed by atoms with E-state index in [4.69, 9.17) is 18.7 Å². The fourth-order valence-electron chi connectivity index (χ4n) is 5.38. The van der Waals surface area contributed by atoms with Crippen molar-refractivity contribution in [2.45, 2.75) is 58.3 Å². The molecule has 1 saturated carbocycles. The lowest BCUT2D eigenvalue weighted by molar-refractivity contribution is -0.131. The summed E-state index contributed by atoms with van der Waals surface area (Å²) in [5, 5.41) is 4.52. The number of carbonyl (C=O) groups is 2. The van der Waals surface area contributed by atoms with Crippen molar-refractivity contribution in [2.75, 3.05) is 26.2 Å². The second kappa shape index (κ2) is 10.2. The Morgan fingerprint density at radius 2 is 1.74 bits per heavy atom. The Morgan fingerprint density at radius 1 is 1.00 bits per heavy atom. The van der Waals surface area contributed by atoms with Crippen LogP contribution in [0.25, 0.3) is 11.0 Å². The number of nitrogens with zero attached hydrogens (tertiary/aromatic N) is 2. The van der Waals surface area contributed by atoms with E-state index in [9.17, 15) is 9.59 Å². The molecule has 0 spiro atoms. The summed E-state index contributed by atoms with van der Waals surface area (Å²) in [5.41, 5.74) is 0.848. The van der Waals surface area contributed by atoms with E-state index >= 15 is 0 Å². The number of piperidine rings is 1. The fourth-order valence-corrected chi connectivity index (χ4v) is 5.38. The molecule has 2 fully saturated rings. The number of carbonyl (C=O) groups excluding carboxylic acids is 2. The molecule has 8 nitrogen and oxygen atoms in total. The predicted molar refractivity (Wildman–Crippen MR) is 125 cm³/mol. The van der Waals surface area contributed by atoms with Crippen molar-refractivity contribution < 1.29 is 28.3 Å². The van der Waals surface area contributed by atoms with Crippen molar-refractivity contribution in [1.29, 1.82) is 0 Å². The van der Waals surface area contributed by atoms with Gasteiger partial charge < -0.3 is 23.6 Å². The van der Waals surface area contributed by atoms with Gasteiger partial charge >= 0.3 is 11.9 Å². The van der Waals surface area contributed by atoms with Gasteiger partial charge in [-0.1, -0.05) is 19.3 Å². The van der Waals surface area contributed by atoms with Gasteiger partial charge in [0.2, 0.25) is 0 Å². The molecule has 8 heteroatoms. The molecule has 1 saturated heterocycles. The standard InChI is InChI=1S/C26H32N2O6/c1-17-20-15-21-24(25(17)33-23(30)8-7-22(29)32-20)26(27-34-21)31-14-11-18-9-12-28(13-10-18)16-19-5-3-2-4-6-19/h7-8,15,18-19H,2-6,9-14,16H2,1H3/b8-7+. The Bertz CT molecular complexity index is 1080. The molecule has 182 valence electrons. The lowest BCUT2D eigenvalue weighted by Crippen LogP contribution is -2.37. The largest absolute Gasteiger partial charge is 0.475 e. The zero-order chi connectivity index (χ0) is 23.5. The number of aromatic nitrogens is 1. The number of likely N-dealkylation sites (tertiary alicyclic amines) is 1. The lowest BCUT2D eigenvalue weighted by Gasteiger charge is -2.35. The number of benzene rings is 1. The smallest absolute Gasteiger partial charge is 0.336 e. The van der Waals surface area contributed by atoms with Crippen molar-refractivity contribution in [3.05, 3.63) is 23.8 Å². The summed E-state index contributed by atoms with van der Waals surface area (Å²) in [4.78, 5) is 26.6. The first-order chi connectivity index (χ1) is 16.6. The van der Waals surface area contributed by atoms with Crippen LogP contribution < -0.4 is 14.2 Å². The second-order valence-electron chi connectivity index (χ2n) is 9.75. The summed E-state index contributed by atoms with van der Waals surface area (Å²) in [5.74, 6) is 0.978. The SMILES string of the molecule is Cc1c2cc3onc(OCCC4CCN(CC5CCCCC5)CC4)c3c1OC(=O)/C=C/C(=O)O2. The zero-order valence-corrected chi connectivity index (χ0v) is 19.7. The van der Waals surface area contributed by atoms with E-state index in [2.05, 4.69) is 10.1 Å². The molecule has 1 aromatic heterocycles. The van der Waals surface area contributed by atoms with E-state index in [1.54, 1.807) is 13.0 Å². The number of esters is 2. The molecule has 0 N–H and O–H groups in total. The molecule has 2 aromatic rings. The van der Waals surface area contributed by atoms with Gasteiger partial charge in [0.05, 0.1) is 6.61 Å². The van der Waals surface area contributed by atoms with E-state index < -0.39 is 11.9 Å². The molecule has 0 radical (unpaired) electrons. The van der Waals surface area contributed by atoms with E-state index in [0.717, 1.165) is 24.5 Å². The molecule has 1 aromatic carbocycles. The quantitative estimate of drug-likeness (QED) is 0.450. The topological polar surface area (TPSA) is 91.1 Å². The average Bonchev–Trinajstić information content (AvgIpc) is 3.25. The highest BCUT2D eigenvalue weighted by Crippen LogP contribution is 2.42. The lowest BCUT2D eigenvalue weighted by atomic mass is 9.87. The summed E-state index contributed by atoms with van der Waals surface area (Å²) in [7, 11) is 0. The summed E-state index contributed by atoms with van der Waals surface area (Å²) in [6.45, 7) is 5.83. The molecule has 34 heavy (non-hydrogen) atoms. The monoisotopic (exact) mass is 468 g/mol. The molecule has 0 unspecified atom stereocenters. The Morgan fingerprint density at radius 3 is 2.50 bits per heavy atom. The molecule has 0 amide bonds. The van der Waals surface area contributed by atoms with Crippen LogP contribution in [0.2, 0.25) is 0 Å². The number of hydrogen-bond acceptors (Lipinski definition) is 8. The highest BCUT2D eigenvalue weighted by Gasteiger charge is 2.26. The highest BCUT2D eigenvalue weighted by atomic mass is 16.6. The number of fused-ring (bicyclic) bond motifs is 4. The maximum atomic E-state index is 12.1. The van der Waals surface area contributed by atoms with Gasteiger partial charge in [-0.3, -0.25) is 0 Å². The van der Waals surface area contributed by atoms with Crippen molar-refractivity contribution >= 4 is 22.9 Å². The van der Waals surface area contributed by atoms with Gasteiger partial charge in [-0.25, -0.2) is 9.59 Å². The first kappa shape index (κ1) is 22.9. The number of ether oxygens (including phenoxy) is 3. The van der Waals surface area contributed by atoms with Crippen LogP contribution in [0.5, 0.6) is 17.4 Å². The first-order valence-electron chi connectivity index (χ1n) is 12.5. The maximum Gasteiger partial charge on any atom is 0.336 e. The van der Waals surface area contributed by atoms with Crippen molar-refractivity contribution in [3.8, 4) is 17.4 Å². The van der Waals surface area contributed by atoms with Crippen LogP contribution in [0.3, 0.4) is 0 Å². The number of rotatable bonds is 6. The normalized spacial score (nSPS) is 21.4. The van der Waals surface area contributed by atoms with Crippen LogP contribution in [0.15, 0.2) is 22.7 Å². The van der Waals surface area contributed by atoms with E-state index in [0.29, 0.717) is 29.1 Å². The van der Waals surface area contributed by atoms with E-state index in [1.807, 2.05) is 0 Å². The maximum absolute atomic E-state index is 12.1. The third kappa shape index (κ3) is 5.12. The minimum Gasteiger partial charge on any atom is -0.475 e. The summed E-state index contributed by atoms with van der Waals surface area (Å²) >= 11 is 0. The Labute approximate surface area is 199 Å². The van der Waals surface area contributed by atoms with Gasteiger partial charge in [-0.05, 0) is 69.1 Å². The predicted octanol–water partition coefficient (Wildman–Crippen LogP) is 4.58. The highest BCUT2D eigenvalue weighted by molar-refractivity contribution is 5.99. The third-order valence-corrected chi connectivity index (χ3v) is 7.37. The molecule has 2 aliphatic heterocycles. The molecule has 5 rings (SSSR count). The van der Waals surface area contributed by atoms with Gasteiger partial charge in [-0.15, -0.1) is 0 Å². The van der Waals surface area contributed by atoms with Crippen LogP contribution in [-0.4, -0.2) is 48.2 Å². The zero-order valence-electron chi connectivity index (χ0n) is 19.7. The Kier molecular flexibility index (Phi) is 6.85. The minimum atomic E-state index is -0.674. The van der Waals surface area contributed by atoms with Crippen LogP contribution in [0, 0.1) is 18.8 Å². The average molecular weight is 469 g/mol. The summed E-state index contributed by atoms with van der Waals surface area (Å²) in [6, 6.07) is 1.57. The second-order valence-corrected chi connectivity index (χ2v) is 9.75.